The highest BCUT2D eigenvalue weighted by Gasteiger charge is 2.14. The molecule has 16 heavy (non-hydrogen) atoms. The fraction of sp³-hybridized carbons (Fsp3) is 0.667. The Morgan fingerprint density at radius 1 is 1.12 bits per heavy atom. The van der Waals surface area contributed by atoms with Crippen LogP contribution in [-0.4, -0.2) is 40.8 Å². The molecule has 0 aliphatic heterocycles. The summed E-state index contributed by atoms with van der Waals surface area (Å²) in [5.74, 6) is -2.60. The van der Waals surface area contributed by atoms with E-state index >= 15 is 0 Å². The van der Waals surface area contributed by atoms with Crippen molar-refractivity contribution in [3.8, 4) is 0 Å². The van der Waals surface area contributed by atoms with Crippen molar-refractivity contribution >= 4 is 18.0 Å². The first-order valence-electron chi connectivity index (χ1n) is 4.84. The number of carbonyl (C=O) groups excluding carboxylic acids is 1. The van der Waals surface area contributed by atoms with E-state index in [1.165, 1.54) is 13.8 Å². The number of nitrogens with one attached hydrogen (secondary N) is 2. The first kappa shape index (κ1) is 14.2. The molecule has 0 bridgehead atoms. The van der Waals surface area contributed by atoms with Gasteiger partial charge in [0.1, 0.15) is 6.04 Å². The van der Waals surface area contributed by atoms with Crippen molar-refractivity contribution in [2.24, 2.45) is 5.92 Å². The van der Waals surface area contributed by atoms with E-state index in [-0.39, 0.29) is 6.54 Å². The molecule has 0 heterocycles. The minimum absolute atomic E-state index is 0.186. The van der Waals surface area contributed by atoms with Crippen LogP contribution in [0, 0.1) is 5.92 Å². The number of carboxylic acids is 2. The normalized spacial score (nSPS) is 13.6. The highest BCUT2D eigenvalue weighted by atomic mass is 16.4. The van der Waals surface area contributed by atoms with E-state index < -0.39 is 29.9 Å². The maximum absolute atomic E-state index is 11.1. The molecule has 7 nitrogen and oxygen atoms in total. The van der Waals surface area contributed by atoms with Gasteiger partial charge in [-0.15, -0.1) is 0 Å². The number of urea groups is 1. The van der Waals surface area contributed by atoms with Gasteiger partial charge in [0.2, 0.25) is 0 Å². The van der Waals surface area contributed by atoms with Gasteiger partial charge < -0.3 is 20.8 Å². The Balaban J connectivity index is 3.74. The van der Waals surface area contributed by atoms with Gasteiger partial charge in [0, 0.05) is 6.54 Å². The van der Waals surface area contributed by atoms with Crippen LogP contribution >= 0.6 is 0 Å². The molecule has 0 rings (SSSR count). The third-order valence-corrected chi connectivity index (χ3v) is 2.00. The molecule has 0 spiro atoms. The molecule has 2 amide bonds. The van der Waals surface area contributed by atoms with Gasteiger partial charge in [-0.1, -0.05) is 6.92 Å². The average molecular weight is 232 g/mol. The molecule has 0 fully saturated rings. The van der Waals surface area contributed by atoms with E-state index in [1.807, 2.05) is 0 Å². The molecule has 4 N–H and O–H groups in total. The number of carboxylic acid groups (broad SMARTS) is 2. The molecule has 0 aromatic carbocycles. The molecule has 0 saturated heterocycles. The van der Waals surface area contributed by atoms with Crippen LogP contribution in [0.3, 0.4) is 0 Å². The van der Waals surface area contributed by atoms with Gasteiger partial charge in [-0.25, -0.2) is 4.79 Å². The van der Waals surface area contributed by atoms with Gasteiger partial charge in [0.05, 0.1) is 5.92 Å². The van der Waals surface area contributed by atoms with Crippen molar-refractivity contribution in [2.45, 2.75) is 26.3 Å². The molecular formula is C9H16N2O5. The van der Waals surface area contributed by atoms with Gasteiger partial charge in [-0.3, -0.25) is 9.59 Å². The van der Waals surface area contributed by atoms with Gasteiger partial charge in [-0.05, 0) is 13.3 Å². The zero-order valence-corrected chi connectivity index (χ0v) is 9.19. The molecule has 0 aliphatic rings. The highest BCUT2D eigenvalue weighted by molar-refractivity contribution is 5.82. The van der Waals surface area contributed by atoms with E-state index in [0.29, 0.717) is 6.42 Å². The monoisotopic (exact) mass is 232 g/mol. The number of hydrogen-bond donors (Lipinski definition) is 4. The summed E-state index contributed by atoms with van der Waals surface area (Å²) in [4.78, 5) is 31.9. The Bertz CT molecular complexity index is 279. The molecule has 0 aliphatic carbocycles. The van der Waals surface area contributed by atoms with Crippen LogP contribution in [0.15, 0.2) is 0 Å². The molecule has 0 aromatic heterocycles. The second-order valence-electron chi connectivity index (χ2n) is 3.49. The summed E-state index contributed by atoms with van der Waals surface area (Å²) in [6, 6.07) is -1.59. The van der Waals surface area contributed by atoms with Crippen molar-refractivity contribution in [1.29, 1.82) is 0 Å². The summed E-state index contributed by atoms with van der Waals surface area (Å²) in [7, 11) is 0. The smallest absolute Gasteiger partial charge is 0.325 e. The van der Waals surface area contributed by atoms with Crippen molar-refractivity contribution in [3.63, 3.8) is 0 Å². The van der Waals surface area contributed by atoms with Crippen LogP contribution in [0.2, 0.25) is 0 Å². The fourth-order valence-corrected chi connectivity index (χ4v) is 0.835. The second kappa shape index (κ2) is 6.65. The number of amides is 2. The van der Waals surface area contributed by atoms with E-state index in [2.05, 4.69) is 10.6 Å². The lowest BCUT2D eigenvalue weighted by molar-refractivity contribution is -0.141. The second-order valence-corrected chi connectivity index (χ2v) is 3.49. The lowest BCUT2D eigenvalue weighted by atomic mass is 10.1. The molecule has 2 atom stereocenters. The molecular weight excluding hydrogens is 216 g/mol. The van der Waals surface area contributed by atoms with Crippen LogP contribution in [0.25, 0.3) is 0 Å². The van der Waals surface area contributed by atoms with Crippen molar-refractivity contribution in [2.75, 3.05) is 6.54 Å². The first-order valence-corrected chi connectivity index (χ1v) is 4.84. The maximum atomic E-state index is 11.1. The topological polar surface area (TPSA) is 116 Å². The fourth-order valence-electron chi connectivity index (χ4n) is 0.835. The van der Waals surface area contributed by atoms with Gasteiger partial charge in [0.15, 0.2) is 0 Å². The van der Waals surface area contributed by atoms with Gasteiger partial charge in [-0.2, -0.15) is 0 Å². The molecule has 0 aromatic rings. The number of carbonyl (C=O) groups is 3. The van der Waals surface area contributed by atoms with Gasteiger partial charge >= 0.3 is 18.0 Å². The molecule has 0 radical (unpaired) electrons. The Kier molecular flexibility index (Phi) is 5.91. The van der Waals surface area contributed by atoms with Gasteiger partial charge in [0.25, 0.3) is 0 Å². The lowest BCUT2D eigenvalue weighted by Gasteiger charge is -2.11. The SMILES string of the molecule is C[C@H](CCNC(=O)N[C@H](C)C(=O)O)C(=O)O. The van der Waals surface area contributed by atoms with Crippen LogP contribution in [-0.2, 0) is 9.59 Å². The minimum Gasteiger partial charge on any atom is -0.481 e. The maximum Gasteiger partial charge on any atom is 0.325 e. The predicted molar refractivity (Wildman–Crippen MR) is 55.0 cm³/mol. The molecule has 7 heteroatoms. The Hall–Kier alpha value is -1.79. The lowest BCUT2D eigenvalue weighted by Crippen LogP contribution is -2.44. The molecule has 0 saturated carbocycles. The highest BCUT2D eigenvalue weighted by Crippen LogP contribution is 1.99. The summed E-state index contributed by atoms with van der Waals surface area (Å²) in [5.41, 5.74) is 0. The summed E-state index contributed by atoms with van der Waals surface area (Å²) in [6.45, 7) is 3.05. The molecule has 92 valence electrons. The van der Waals surface area contributed by atoms with Crippen molar-refractivity contribution in [1.82, 2.24) is 10.6 Å². The average Bonchev–Trinajstić information content (AvgIpc) is 2.16. The van der Waals surface area contributed by atoms with E-state index in [9.17, 15) is 14.4 Å². The summed E-state index contributed by atoms with van der Waals surface area (Å²) in [5, 5.41) is 21.6. The first-order chi connectivity index (χ1) is 7.34. The van der Waals surface area contributed by atoms with Crippen molar-refractivity contribution < 1.29 is 24.6 Å². The summed E-state index contributed by atoms with van der Waals surface area (Å²) in [6.07, 6.45) is 0.296. The Morgan fingerprint density at radius 2 is 1.69 bits per heavy atom. The van der Waals surface area contributed by atoms with Crippen molar-refractivity contribution in [3.05, 3.63) is 0 Å². The third kappa shape index (κ3) is 5.84. The third-order valence-electron chi connectivity index (χ3n) is 2.00. The summed E-state index contributed by atoms with van der Waals surface area (Å²) < 4.78 is 0. The zero-order valence-electron chi connectivity index (χ0n) is 9.19. The van der Waals surface area contributed by atoms with E-state index in [0.717, 1.165) is 0 Å². The Labute approximate surface area is 92.8 Å². The summed E-state index contributed by atoms with van der Waals surface area (Å²) >= 11 is 0. The van der Waals surface area contributed by atoms with Crippen LogP contribution in [0.5, 0.6) is 0 Å². The standard InChI is InChI=1S/C9H16N2O5/c1-5(7(12)13)3-4-10-9(16)11-6(2)8(14)15/h5-6H,3-4H2,1-2H3,(H,12,13)(H,14,15)(H2,10,11,16)/t5-,6-/m1/s1. The van der Waals surface area contributed by atoms with E-state index in [1.54, 1.807) is 0 Å². The van der Waals surface area contributed by atoms with Crippen LogP contribution < -0.4 is 10.6 Å². The van der Waals surface area contributed by atoms with Crippen LogP contribution in [0.4, 0.5) is 4.79 Å². The number of rotatable bonds is 6. The quantitative estimate of drug-likeness (QED) is 0.509. The van der Waals surface area contributed by atoms with Crippen LogP contribution in [0.1, 0.15) is 20.3 Å². The Morgan fingerprint density at radius 3 is 2.12 bits per heavy atom. The largest absolute Gasteiger partial charge is 0.481 e. The van der Waals surface area contributed by atoms with E-state index in [4.69, 9.17) is 10.2 Å². The zero-order chi connectivity index (χ0) is 12.7. The predicted octanol–water partition coefficient (Wildman–Crippen LogP) is -0.130. The number of hydrogen-bond acceptors (Lipinski definition) is 3. The minimum atomic E-state index is -1.13. The molecule has 0 unspecified atom stereocenters. The number of aliphatic carboxylic acids is 2.